The van der Waals surface area contributed by atoms with Crippen molar-refractivity contribution in [2.45, 2.75) is 13.0 Å². The Morgan fingerprint density at radius 3 is 2.05 bits per heavy atom. The number of carboxylic acids is 1. The fourth-order valence-corrected chi connectivity index (χ4v) is 2.68. The number of rotatable bonds is 5. The van der Waals surface area contributed by atoms with Crippen LogP contribution in [-0.2, 0) is 17.8 Å². The normalized spacial score (nSPS) is 10.4. The Labute approximate surface area is 137 Å². The number of halogens is 3. The maximum atomic E-state index is 10.6. The fourth-order valence-electron chi connectivity index (χ4n) is 1.75. The molecular formula is C15H11Cl3O3. The molecule has 0 atom stereocenters. The minimum atomic E-state index is -0.862. The zero-order chi connectivity index (χ0) is 15.4. The number of ether oxygens (including phenoxy) is 1. The van der Waals surface area contributed by atoms with E-state index < -0.39 is 5.97 Å². The first kappa shape index (κ1) is 16.0. The summed E-state index contributed by atoms with van der Waals surface area (Å²) in [6, 6.07) is 10.2. The molecule has 110 valence electrons. The molecule has 2 aromatic rings. The number of hydrogen-bond donors (Lipinski definition) is 1. The van der Waals surface area contributed by atoms with Gasteiger partial charge in [-0.15, -0.1) is 0 Å². The molecule has 2 rings (SSSR count). The predicted molar refractivity (Wildman–Crippen MR) is 83.6 cm³/mol. The van der Waals surface area contributed by atoms with Crippen molar-refractivity contribution in [3.63, 3.8) is 0 Å². The molecule has 0 amide bonds. The third kappa shape index (κ3) is 4.53. The average Bonchev–Trinajstić information content (AvgIpc) is 2.38. The van der Waals surface area contributed by atoms with Gasteiger partial charge in [0.2, 0.25) is 0 Å². The van der Waals surface area contributed by atoms with Crippen LogP contribution in [0.1, 0.15) is 11.1 Å². The zero-order valence-electron chi connectivity index (χ0n) is 10.8. The lowest BCUT2D eigenvalue weighted by Gasteiger charge is -2.10. The monoisotopic (exact) mass is 344 g/mol. The van der Waals surface area contributed by atoms with E-state index >= 15 is 0 Å². The third-order valence-electron chi connectivity index (χ3n) is 2.72. The highest BCUT2D eigenvalue weighted by atomic mass is 35.5. The van der Waals surface area contributed by atoms with Crippen molar-refractivity contribution in [2.75, 3.05) is 0 Å². The standard InChI is InChI=1S/C15H11Cl3O3/c16-11-6-12(17)15(13(18)7-11)21-8-10-3-1-9(2-4-10)5-14(19)20/h1-4,6-7H,5,8H2,(H,19,20). The molecular weight excluding hydrogens is 335 g/mol. The van der Waals surface area contributed by atoms with Gasteiger partial charge in [-0.2, -0.15) is 0 Å². The summed E-state index contributed by atoms with van der Waals surface area (Å²) in [5.74, 6) is -0.490. The summed E-state index contributed by atoms with van der Waals surface area (Å²) in [6.45, 7) is 0.272. The molecule has 0 fully saturated rings. The zero-order valence-corrected chi connectivity index (χ0v) is 13.0. The van der Waals surface area contributed by atoms with Crippen LogP contribution in [0.5, 0.6) is 5.75 Å². The smallest absolute Gasteiger partial charge is 0.307 e. The summed E-state index contributed by atoms with van der Waals surface area (Å²) in [5, 5.41) is 9.83. The van der Waals surface area contributed by atoms with Gasteiger partial charge in [-0.05, 0) is 23.3 Å². The van der Waals surface area contributed by atoms with Crippen molar-refractivity contribution in [3.8, 4) is 5.75 Å². The molecule has 0 aliphatic rings. The summed E-state index contributed by atoms with van der Waals surface area (Å²) in [6.07, 6.45) is -0.00399. The number of aliphatic carboxylic acids is 1. The molecule has 0 unspecified atom stereocenters. The molecule has 21 heavy (non-hydrogen) atoms. The molecule has 0 spiro atoms. The molecule has 0 bridgehead atoms. The Morgan fingerprint density at radius 2 is 1.52 bits per heavy atom. The lowest BCUT2D eigenvalue weighted by molar-refractivity contribution is -0.136. The molecule has 0 aliphatic heterocycles. The largest absolute Gasteiger partial charge is 0.486 e. The molecule has 0 radical (unpaired) electrons. The van der Waals surface area contributed by atoms with E-state index in [4.69, 9.17) is 44.6 Å². The molecule has 2 aromatic carbocycles. The first-order valence-electron chi connectivity index (χ1n) is 6.02. The molecule has 0 saturated carbocycles. The van der Waals surface area contributed by atoms with Crippen LogP contribution in [0, 0.1) is 0 Å². The van der Waals surface area contributed by atoms with E-state index in [1.807, 2.05) is 0 Å². The predicted octanol–water partition coefficient (Wildman–Crippen LogP) is 4.85. The Bertz CT molecular complexity index is 631. The summed E-state index contributed by atoms with van der Waals surface area (Å²) in [4.78, 5) is 10.6. The van der Waals surface area contributed by atoms with Gasteiger partial charge in [0.05, 0.1) is 16.5 Å². The molecule has 0 aliphatic carbocycles. The first-order chi connectivity index (χ1) is 9.95. The van der Waals surface area contributed by atoms with Crippen LogP contribution in [0.3, 0.4) is 0 Å². The maximum Gasteiger partial charge on any atom is 0.307 e. The van der Waals surface area contributed by atoms with Crippen molar-refractivity contribution in [3.05, 3.63) is 62.6 Å². The highest BCUT2D eigenvalue weighted by Gasteiger charge is 2.09. The van der Waals surface area contributed by atoms with Crippen molar-refractivity contribution in [1.29, 1.82) is 0 Å². The van der Waals surface area contributed by atoms with Crippen LogP contribution in [0.2, 0.25) is 15.1 Å². The van der Waals surface area contributed by atoms with Crippen LogP contribution >= 0.6 is 34.8 Å². The van der Waals surface area contributed by atoms with Gasteiger partial charge in [0.1, 0.15) is 6.61 Å². The second-order valence-corrected chi connectivity index (χ2v) is 5.63. The Hall–Kier alpha value is -1.42. The highest BCUT2D eigenvalue weighted by Crippen LogP contribution is 2.36. The second-order valence-electron chi connectivity index (χ2n) is 4.37. The summed E-state index contributed by atoms with van der Waals surface area (Å²) < 4.78 is 5.59. The molecule has 3 nitrogen and oxygen atoms in total. The molecule has 6 heteroatoms. The number of benzene rings is 2. The van der Waals surface area contributed by atoms with Crippen molar-refractivity contribution >= 4 is 40.8 Å². The SMILES string of the molecule is O=C(O)Cc1ccc(COc2c(Cl)cc(Cl)cc2Cl)cc1. The van der Waals surface area contributed by atoms with E-state index in [1.165, 1.54) is 0 Å². The molecule has 0 heterocycles. The molecule has 1 N–H and O–H groups in total. The molecule has 0 aromatic heterocycles. The van der Waals surface area contributed by atoms with Gasteiger partial charge in [-0.3, -0.25) is 4.79 Å². The van der Waals surface area contributed by atoms with Gasteiger partial charge in [0, 0.05) is 5.02 Å². The van der Waals surface area contributed by atoms with Gasteiger partial charge >= 0.3 is 5.97 Å². The molecule has 0 saturated heterocycles. The fraction of sp³-hybridized carbons (Fsp3) is 0.133. The number of carboxylic acid groups (broad SMARTS) is 1. The Kier molecular flexibility index (Phi) is 5.34. The second kappa shape index (κ2) is 7.03. The highest BCUT2D eigenvalue weighted by molar-refractivity contribution is 6.40. The summed E-state index contributed by atoms with van der Waals surface area (Å²) in [7, 11) is 0. The number of carbonyl (C=O) groups is 1. The average molecular weight is 346 g/mol. The van der Waals surface area contributed by atoms with Crippen LogP contribution < -0.4 is 4.74 Å². The van der Waals surface area contributed by atoms with Gasteiger partial charge in [-0.1, -0.05) is 59.1 Å². The van der Waals surface area contributed by atoms with Crippen LogP contribution in [-0.4, -0.2) is 11.1 Å². The number of hydrogen-bond acceptors (Lipinski definition) is 2. The lowest BCUT2D eigenvalue weighted by atomic mass is 10.1. The van der Waals surface area contributed by atoms with Crippen LogP contribution in [0.15, 0.2) is 36.4 Å². The lowest BCUT2D eigenvalue weighted by Crippen LogP contribution is -2.01. The van der Waals surface area contributed by atoms with E-state index in [2.05, 4.69) is 0 Å². The van der Waals surface area contributed by atoms with Crippen LogP contribution in [0.25, 0.3) is 0 Å². The minimum absolute atomic E-state index is 0.00399. The van der Waals surface area contributed by atoms with Crippen LogP contribution in [0.4, 0.5) is 0 Å². The Morgan fingerprint density at radius 1 is 1.00 bits per heavy atom. The van der Waals surface area contributed by atoms with E-state index in [0.717, 1.165) is 11.1 Å². The Balaban J connectivity index is 2.05. The van der Waals surface area contributed by atoms with Gasteiger partial charge < -0.3 is 9.84 Å². The summed E-state index contributed by atoms with van der Waals surface area (Å²) >= 11 is 17.9. The quantitative estimate of drug-likeness (QED) is 0.842. The first-order valence-corrected chi connectivity index (χ1v) is 7.16. The van der Waals surface area contributed by atoms with E-state index in [0.29, 0.717) is 20.8 Å². The van der Waals surface area contributed by atoms with E-state index in [9.17, 15) is 4.79 Å². The van der Waals surface area contributed by atoms with Gasteiger partial charge in [-0.25, -0.2) is 0 Å². The van der Waals surface area contributed by atoms with Gasteiger partial charge in [0.25, 0.3) is 0 Å². The van der Waals surface area contributed by atoms with E-state index in [1.54, 1.807) is 36.4 Å². The topological polar surface area (TPSA) is 46.5 Å². The minimum Gasteiger partial charge on any atom is -0.486 e. The third-order valence-corrected chi connectivity index (χ3v) is 3.50. The maximum absolute atomic E-state index is 10.6. The summed E-state index contributed by atoms with van der Waals surface area (Å²) in [5.41, 5.74) is 1.61. The van der Waals surface area contributed by atoms with Crippen molar-refractivity contribution in [1.82, 2.24) is 0 Å². The van der Waals surface area contributed by atoms with E-state index in [-0.39, 0.29) is 13.0 Å². The van der Waals surface area contributed by atoms with Crippen molar-refractivity contribution in [2.24, 2.45) is 0 Å². The van der Waals surface area contributed by atoms with Gasteiger partial charge in [0.15, 0.2) is 5.75 Å². The van der Waals surface area contributed by atoms with Crippen molar-refractivity contribution < 1.29 is 14.6 Å².